The molecule has 0 radical (unpaired) electrons. The number of aryl methyl sites for hydroxylation is 2. The van der Waals surface area contributed by atoms with Crippen molar-refractivity contribution in [1.29, 1.82) is 0 Å². The molecule has 0 aromatic heterocycles. The van der Waals surface area contributed by atoms with E-state index in [0.717, 1.165) is 57.2 Å². The Hall–Kier alpha value is -4.70. The number of aromatic hydroxyl groups is 1. The van der Waals surface area contributed by atoms with Crippen molar-refractivity contribution in [2.45, 2.75) is 20.4 Å². The van der Waals surface area contributed by atoms with E-state index in [9.17, 15) is 5.11 Å². The van der Waals surface area contributed by atoms with Gasteiger partial charge in [0.25, 0.3) is 0 Å². The molecule has 6 rings (SSSR count). The predicted molar refractivity (Wildman–Crippen MR) is 159 cm³/mol. The van der Waals surface area contributed by atoms with Gasteiger partial charge in [-0.3, -0.25) is 0 Å². The summed E-state index contributed by atoms with van der Waals surface area (Å²) in [6, 6.07) is 39.8. The zero-order valence-corrected chi connectivity index (χ0v) is 21.7. The second-order valence-electron chi connectivity index (χ2n) is 9.85. The minimum atomic E-state index is 0.293. The fourth-order valence-electron chi connectivity index (χ4n) is 5.52. The molecule has 0 atom stereocenters. The molecule has 4 nitrogen and oxygen atoms in total. The third-order valence-electron chi connectivity index (χ3n) is 7.25. The molecule has 0 saturated heterocycles. The van der Waals surface area contributed by atoms with E-state index in [2.05, 4.69) is 114 Å². The van der Waals surface area contributed by atoms with Crippen LogP contribution in [0.25, 0.3) is 11.1 Å². The number of nitrogens with zero attached hydrogens (tertiary/aromatic N) is 2. The van der Waals surface area contributed by atoms with Gasteiger partial charge in [0.1, 0.15) is 5.75 Å². The third-order valence-corrected chi connectivity index (χ3v) is 7.25. The Labute approximate surface area is 224 Å². The van der Waals surface area contributed by atoms with E-state index in [1.54, 1.807) is 0 Å². The summed E-state index contributed by atoms with van der Waals surface area (Å²) in [4.78, 5) is 4.45. The monoisotopic (exact) mass is 497 g/mol. The van der Waals surface area contributed by atoms with Gasteiger partial charge in [0.05, 0.1) is 12.4 Å². The highest BCUT2D eigenvalue weighted by Gasteiger charge is 2.20. The third kappa shape index (κ3) is 4.46. The van der Waals surface area contributed by atoms with E-state index in [0.29, 0.717) is 12.4 Å². The van der Waals surface area contributed by atoms with Crippen LogP contribution in [0.1, 0.15) is 16.7 Å². The number of para-hydroxylation sites is 3. The number of benzene rings is 5. The van der Waals surface area contributed by atoms with Crippen LogP contribution >= 0.6 is 0 Å². The number of fused-ring (bicyclic) bond motifs is 1. The van der Waals surface area contributed by atoms with Crippen LogP contribution in [0.15, 0.2) is 115 Å². The number of hydrogen-bond acceptors (Lipinski definition) is 4. The lowest BCUT2D eigenvalue weighted by molar-refractivity contribution is 0.474. The molecule has 0 saturated carbocycles. The van der Waals surface area contributed by atoms with Gasteiger partial charge in [-0.2, -0.15) is 0 Å². The maximum absolute atomic E-state index is 11.1. The number of hydrogen-bond donors (Lipinski definition) is 2. The van der Waals surface area contributed by atoms with Crippen LogP contribution < -0.4 is 15.1 Å². The van der Waals surface area contributed by atoms with E-state index in [1.165, 1.54) is 5.56 Å². The fourth-order valence-corrected chi connectivity index (χ4v) is 5.52. The molecule has 2 N–H and O–H groups in total. The van der Waals surface area contributed by atoms with E-state index in [4.69, 9.17) is 0 Å². The topological polar surface area (TPSA) is 38.7 Å². The van der Waals surface area contributed by atoms with Gasteiger partial charge in [0, 0.05) is 29.3 Å². The van der Waals surface area contributed by atoms with Gasteiger partial charge in [0.15, 0.2) is 0 Å². The van der Waals surface area contributed by atoms with Gasteiger partial charge in [-0.15, -0.1) is 0 Å². The Kier molecular flexibility index (Phi) is 6.22. The standard InChI is InChI=1S/C34H31N3O/c1-24-19-30(37(28-12-5-3-6-13-28)29-14-7-4-8-15-29)20-25(2)34(24)26-17-18-32(33(38)21-26)36-22-27-11-9-10-16-31(27)35-23-36/h3-21,35,38H,22-23H2,1-2H3. The molecule has 188 valence electrons. The SMILES string of the molecule is Cc1cc(N(c2ccccc2)c2ccccc2)cc(C)c1-c1ccc(N2CNc3ccccc3C2)c(O)c1. The van der Waals surface area contributed by atoms with Crippen molar-refractivity contribution < 1.29 is 5.11 Å². The van der Waals surface area contributed by atoms with Gasteiger partial charge in [0.2, 0.25) is 0 Å². The Balaban J connectivity index is 1.35. The van der Waals surface area contributed by atoms with Crippen LogP contribution in [0.3, 0.4) is 0 Å². The lowest BCUT2D eigenvalue weighted by Crippen LogP contribution is -2.33. The molecule has 0 spiro atoms. The minimum absolute atomic E-state index is 0.293. The normalized spacial score (nSPS) is 12.5. The maximum Gasteiger partial charge on any atom is 0.139 e. The molecule has 0 fully saturated rings. The smallest absolute Gasteiger partial charge is 0.139 e. The molecule has 0 bridgehead atoms. The van der Waals surface area contributed by atoms with E-state index in [1.807, 2.05) is 30.3 Å². The van der Waals surface area contributed by atoms with Crippen LogP contribution in [0.4, 0.5) is 28.4 Å². The molecule has 1 aliphatic heterocycles. The van der Waals surface area contributed by atoms with Crippen molar-refractivity contribution in [3.05, 3.63) is 132 Å². The van der Waals surface area contributed by atoms with Crippen LogP contribution in [-0.2, 0) is 6.54 Å². The predicted octanol–water partition coefficient (Wildman–Crippen LogP) is 8.54. The summed E-state index contributed by atoms with van der Waals surface area (Å²) in [5.41, 5.74) is 11.1. The van der Waals surface area contributed by atoms with Crippen molar-refractivity contribution in [2.24, 2.45) is 0 Å². The first-order chi connectivity index (χ1) is 18.6. The largest absolute Gasteiger partial charge is 0.506 e. The molecular formula is C34H31N3O. The fraction of sp³-hybridized carbons (Fsp3) is 0.118. The molecule has 1 heterocycles. The molecule has 38 heavy (non-hydrogen) atoms. The molecule has 4 heteroatoms. The van der Waals surface area contributed by atoms with Gasteiger partial charge in [-0.1, -0.05) is 60.7 Å². The lowest BCUT2D eigenvalue weighted by atomic mass is 9.94. The van der Waals surface area contributed by atoms with Crippen molar-refractivity contribution in [2.75, 3.05) is 21.8 Å². The summed E-state index contributed by atoms with van der Waals surface area (Å²) >= 11 is 0. The number of phenols is 1. The molecule has 0 amide bonds. The average molecular weight is 498 g/mol. The second-order valence-corrected chi connectivity index (χ2v) is 9.85. The molecular weight excluding hydrogens is 466 g/mol. The first-order valence-corrected chi connectivity index (χ1v) is 13.0. The highest BCUT2D eigenvalue weighted by molar-refractivity contribution is 5.82. The van der Waals surface area contributed by atoms with Gasteiger partial charge in [-0.05, 0) is 96.3 Å². The molecule has 0 unspecified atom stereocenters. The van der Waals surface area contributed by atoms with E-state index in [-0.39, 0.29) is 0 Å². The van der Waals surface area contributed by atoms with Crippen LogP contribution in [-0.4, -0.2) is 11.8 Å². The summed E-state index contributed by atoms with van der Waals surface area (Å²) in [5, 5.41) is 14.6. The van der Waals surface area contributed by atoms with E-state index >= 15 is 0 Å². The minimum Gasteiger partial charge on any atom is -0.506 e. The van der Waals surface area contributed by atoms with Gasteiger partial charge < -0.3 is 20.2 Å². The quantitative estimate of drug-likeness (QED) is 0.255. The van der Waals surface area contributed by atoms with Crippen molar-refractivity contribution in [3.63, 3.8) is 0 Å². The highest BCUT2D eigenvalue weighted by atomic mass is 16.3. The summed E-state index contributed by atoms with van der Waals surface area (Å²) < 4.78 is 0. The Bertz CT molecular complexity index is 1520. The summed E-state index contributed by atoms with van der Waals surface area (Å²) in [7, 11) is 0. The van der Waals surface area contributed by atoms with Crippen molar-refractivity contribution in [3.8, 4) is 16.9 Å². The summed E-state index contributed by atoms with van der Waals surface area (Å²) in [6.07, 6.45) is 0. The molecule has 5 aromatic carbocycles. The summed E-state index contributed by atoms with van der Waals surface area (Å²) in [6.45, 7) is 5.72. The zero-order valence-electron chi connectivity index (χ0n) is 21.7. The van der Waals surface area contributed by atoms with Crippen LogP contribution in [0.2, 0.25) is 0 Å². The Morgan fingerprint density at radius 2 is 1.29 bits per heavy atom. The number of anilines is 5. The summed E-state index contributed by atoms with van der Waals surface area (Å²) in [5.74, 6) is 0.293. The first-order valence-electron chi connectivity index (χ1n) is 13.0. The van der Waals surface area contributed by atoms with Crippen molar-refractivity contribution in [1.82, 2.24) is 0 Å². The molecule has 0 aliphatic carbocycles. The maximum atomic E-state index is 11.1. The van der Waals surface area contributed by atoms with Crippen LogP contribution in [0.5, 0.6) is 5.75 Å². The Morgan fingerprint density at radius 3 is 1.92 bits per heavy atom. The first kappa shape index (κ1) is 23.7. The van der Waals surface area contributed by atoms with Crippen molar-refractivity contribution >= 4 is 28.4 Å². The highest BCUT2D eigenvalue weighted by Crippen LogP contribution is 2.41. The number of rotatable bonds is 5. The zero-order chi connectivity index (χ0) is 26.1. The van der Waals surface area contributed by atoms with Gasteiger partial charge in [-0.25, -0.2) is 0 Å². The van der Waals surface area contributed by atoms with Gasteiger partial charge >= 0.3 is 0 Å². The molecule has 1 aliphatic rings. The molecule has 5 aromatic rings. The number of nitrogens with one attached hydrogen (secondary N) is 1. The lowest BCUT2D eigenvalue weighted by Gasteiger charge is -2.32. The Morgan fingerprint density at radius 1 is 0.684 bits per heavy atom. The van der Waals surface area contributed by atoms with E-state index < -0.39 is 0 Å². The average Bonchev–Trinajstić information content (AvgIpc) is 2.94. The number of phenolic OH excluding ortho intramolecular Hbond substituents is 1. The van der Waals surface area contributed by atoms with Crippen LogP contribution in [0, 0.1) is 13.8 Å². The second kappa shape index (κ2) is 9.98.